The van der Waals surface area contributed by atoms with Crippen molar-refractivity contribution in [2.24, 2.45) is 0 Å². The third-order valence-electron chi connectivity index (χ3n) is 7.18. The van der Waals surface area contributed by atoms with E-state index in [1.807, 2.05) is 35.2 Å². The quantitative estimate of drug-likeness (QED) is 0.517. The molecule has 0 unspecified atom stereocenters. The maximum Gasteiger partial charge on any atom is 0.254 e. The number of morpholine rings is 1. The minimum atomic E-state index is 0.0542. The molecule has 5 rings (SSSR count). The number of hydrogen-bond acceptors (Lipinski definition) is 6. The number of carbonyl (C=O) groups excluding carboxylic acids is 1. The highest BCUT2D eigenvalue weighted by molar-refractivity contribution is 5.94. The van der Waals surface area contributed by atoms with Crippen molar-refractivity contribution < 1.29 is 14.3 Å². The van der Waals surface area contributed by atoms with Crippen molar-refractivity contribution in [2.75, 3.05) is 44.9 Å². The van der Waals surface area contributed by atoms with Gasteiger partial charge in [0.2, 0.25) is 0 Å². The summed E-state index contributed by atoms with van der Waals surface area (Å²) >= 11 is 0. The monoisotopic (exact) mass is 500 g/mol. The van der Waals surface area contributed by atoms with Crippen molar-refractivity contribution in [3.05, 3.63) is 82.3 Å². The summed E-state index contributed by atoms with van der Waals surface area (Å²) in [5, 5.41) is 0. The normalized spacial score (nSPS) is 15.9. The molecule has 3 aromatic rings. The zero-order valence-electron chi connectivity index (χ0n) is 22.3. The van der Waals surface area contributed by atoms with Crippen LogP contribution >= 0.6 is 0 Å². The number of rotatable bonds is 5. The van der Waals surface area contributed by atoms with Crippen molar-refractivity contribution in [3.63, 3.8) is 0 Å². The second kappa shape index (κ2) is 10.5. The molecule has 2 aromatic carbocycles. The van der Waals surface area contributed by atoms with E-state index in [2.05, 4.69) is 43.9 Å². The molecule has 7 heteroatoms. The Morgan fingerprint density at radius 2 is 1.78 bits per heavy atom. The summed E-state index contributed by atoms with van der Waals surface area (Å²) < 4.78 is 11.0. The molecule has 0 spiro atoms. The van der Waals surface area contributed by atoms with Crippen molar-refractivity contribution in [1.29, 1.82) is 0 Å². The molecule has 7 nitrogen and oxygen atoms in total. The van der Waals surface area contributed by atoms with E-state index in [9.17, 15) is 4.79 Å². The molecular weight excluding hydrogens is 464 g/mol. The second-order valence-corrected chi connectivity index (χ2v) is 10.8. The van der Waals surface area contributed by atoms with E-state index in [4.69, 9.17) is 19.4 Å². The summed E-state index contributed by atoms with van der Waals surface area (Å²) in [5.41, 5.74) is 5.21. The van der Waals surface area contributed by atoms with Crippen molar-refractivity contribution in [1.82, 2.24) is 14.9 Å². The summed E-state index contributed by atoms with van der Waals surface area (Å²) in [6, 6.07) is 16.1. The molecule has 0 bridgehead atoms. The smallest absolute Gasteiger partial charge is 0.254 e. The number of nitrogens with zero attached hydrogens (tertiary/aromatic N) is 4. The van der Waals surface area contributed by atoms with Crippen LogP contribution in [0.1, 0.15) is 59.3 Å². The molecule has 1 amide bonds. The van der Waals surface area contributed by atoms with Gasteiger partial charge >= 0.3 is 0 Å². The first kappa shape index (κ1) is 25.2. The molecule has 2 aliphatic rings. The molecule has 3 heterocycles. The lowest BCUT2D eigenvalue weighted by molar-refractivity contribution is 0.0732. The van der Waals surface area contributed by atoms with Gasteiger partial charge in [0.15, 0.2) is 0 Å². The molecule has 1 fully saturated rings. The van der Waals surface area contributed by atoms with Gasteiger partial charge in [-0.2, -0.15) is 0 Å². The van der Waals surface area contributed by atoms with Gasteiger partial charge in [0, 0.05) is 43.6 Å². The van der Waals surface area contributed by atoms with Crippen LogP contribution < -0.4 is 9.64 Å². The molecule has 0 radical (unpaired) electrons. The van der Waals surface area contributed by atoms with E-state index in [0.29, 0.717) is 39.1 Å². The molecule has 1 saturated heterocycles. The zero-order valence-corrected chi connectivity index (χ0v) is 22.3. The molecule has 0 N–H and O–H groups in total. The number of hydrogen-bond donors (Lipinski definition) is 0. The fraction of sp³-hybridized carbons (Fsp3) is 0.433. The van der Waals surface area contributed by atoms with E-state index < -0.39 is 0 Å². The molecular formula is C30H36N4O3. The highest BCUT2D eigenvalue weighted by Crippen LogP contribution is 2.30. The molecule has 1 aromatic heterocycles. The third kappa shape index (κ3) is 5.62. The zero-order chi connectivity index (χ0) is 26.0. The first-order valence-corrected chi connectivity index (χ1v) is 13.1. The number of carbonyl (C=O) groups is 1. The Bertz CT molecular complexity index is 1260. The SMILES string of the molecule is COc1cccc(Cc2nc3c(c(N4CCOCC4)n2)CN(C(=O)c2ccc(C(C)(C)C)cc2)CC3)c1. The van der Waals surface area contributed by atoms with E-state index in [-0.39, 0.29) is 11.3 Å². The largest absolute Gasteiger partial charge is 0.497 e. The minimum Gasteiger partial charge on any atom is -0.497 e. The molecule has 2 aliphatic heterocycles. The average Bonchev–Trinajstić information content (AvgIpc) is 2.92. The van der Waals surface area contributed by atoms with Gasteiger partial charge in [-0.25, -0.2) is 9.97 Å². The number of fused-ring (bicyclic) bond motifs is 1. The second-order valence-electron chi connectivity index (χ2n) is 10.8. The van der Waals surface area contributed by atoms with Crippen molar-refractivity contribution in [3.8, 4) is 5.75 Å². The Morgan fingerprint density at radius 1 is 1.03 bits per heavy atom. The van der Waals surface area contributed by atoms with Gasteiger partial charge in [-0.3, -0.25) is 4.79 Å². The lowest BCUT2D eigenvalue weighted by Gasteiger charge is -2.34. The lowest BCUT2D eigenvalue weighted by Crippen LogP contribution is -2.41. The molecule has 194 valence electrons. The maximum absolute atomic E-state index is 13.5. The van der Waals surface area contributed by atoms with Crippen molar-refractivity contribution in [2.45, 2.75) is 45.6 Å². The summed E-state index contributed by atoms with van der Waals surface area (Å²) in [5.74, 6) is 2.62. The van der Waals surface area contributed by atoms with Crippen LogP contribution in [-0.2, 0) is 29.5 Å². The van der Waals surface area contributed by atoms with E-state index in [1.54, 1.807) is 7.11 Å². The lowest BCUT2D eigenvalue weighted by atomic mass is 9.86. The van der Waals surface area contributed by atoms with Gasteiger partial charge in [0.1, 0.15) is 17.4 Å². The topological polar surface area (TPSA) is 67.8 Å². The summed E-state index contributed by atoms with van der Waals surface area (Å²) in [6.45, 7) is 10.6. The molecule has 0 saturated carbocycles. The highest BCUT2D eigenvalue weighted by atomic mass is 16.5. The van der Waals surface area contributed by atoms with Gasteiger partial charge in [0.25, 0.3) is 5.91 Å². The van der Waals surface area contributed by atoms with Crippen LogP contribution in [0, 0.1) is 0 Å². The molecule has 37 heavy (non-hydrogen) atoms. The fourth-order valence-electron chi connectivity index (χ4n) is 5.00. The third-order valence-corrected chi connectivity index (χ3v) is 7.18. The van der Waals surface area contributed by atoms with Crippen LogP contribution in [0.15, 0.2) is 48.5 Å². The first-order chi connectivity index (χ1) is 17.8. The number of benzene rings is 2. The molecule has 0 atom stereocenters. The van der Waals surface area contributed by atoms with E-state index >= 15 is 0 Å². The van der Waals surface area contributed by atoms with Gasteiger partial charge in [-0.1, -0.05) is 45.0 Å². The summed E-state index contributed by atoms with van der Waals surface area (Å²) in [6.07, 6.45) is 1.34. The standard InChI is InChI=1S/C30H36N4O3/c1-30(2,3)23-10-8-22(9-11-23)29(35)34-13-12-26-25(20-34)28(33-14-16-37-17-15-33)32-27(31-26)19-21-6-5-7-24(18-21)36-4/h5-11,18H,12-17,19-20H2,1-4H3. The number of anilines is 1. The Labute approximate surface area is 219 Å². The fourth-order valence-corrected chi connectivity index (χ4v) is 5.00. The maximum atomic E-state index is 13.5. The molecule has 0 aliphatic carbocycles. The Kier molecular flexibility index (Phi) is 7.15. The van der Waals surface area contributed by atoms with Crippen LogP contribution in [0.2, 0.25) is 0 Å². The van der Waals surface area contributed by atoms with E-state index in [1.165, 1.54) is 5.56 Å². The van der Waals surface area contributed by atoms with Crippen LogP contribution in [-0.4, -0.2) is 60.7 Å². The van der Waals surface area contributed by atoms with Gasteiger partial charge in [0.05, 0.1) is 32.6 Å². The first-order valence-electron chi connectivity index (χ1n) is 13.1. The van der Waals surface area contributed by atoms with Crippen LogP contribution in [0.4, 0.5) is 5.82 Å². The van der Waals surface area contributed by atoms with Gasteiger partial charge < -0.3 is 19.3 Å². The van der Waals surface area contributed by atoms with E-state index in [0.717, 1.165) is 52.9 Å². The predicted molar refractivity (Wildman–Crippen MR) is 144 cm³/mol. The number of aromatic nitrogens is 2. The highest BCUT2D eigenvalue weighted by Gasteiger charge is 2.29. The van der Waals surface area contributed by atoms with Crippen LogP contribution in [0.25, 0.3) is 0 Å². The Balaban J connectivity index is 1.43. The Morgan fingerprint density at radius 3 is 2.49 bits per heavy atom. The number of amides is 1. The summed E-state index contributed by atoms with van der Waals surface area (Å²) in [4.78, 5) is 27.7. The minimum absolute atomic E-state index is 0.0542. The van der Waals surface area contributed by atoms with Crippen LogP contribution in [0.3, 0.4) is 0 Å². The number of methoxy groups -OCH3 is 1. The Hall–Kier alpha value is -3.45. The average molecular weight is 501 g/mol. The number of ether oxygens (including phenoxy) is 2. The summed E-state index contributed by atoms with van der Waals surface area (Å²) in [7, 11) is 1.68. The van der Waals surface area contributed by atoms with Gasteiger partial charge in [-0.05, 0) is 40.8 Å². The predicted octanol–water partition coefficient (Wildman–Crippen LogP) is 4.41. The van der Waals surface area contributed by atoms with Crippen LogP contribution in [0.5, 0.6) is 5.75 Å². The van der Waals surface area contributed by atoms with Gasteiger partial charge in [-0.15, -0.1) is 0 Å². The van der Waals surface area contributed by atoms with Crippen molar-refractivity contribution >= 4 is 11.7 Å².